The van der Waals surface area contributed by atoms with Crippen molar-refractivity contribution in [1.82, 2.24) is 10.6 Å². The van der Waals surface area contributed by atoms with Crippen LogP contribution in [0.3, 0.4) is 0 Å². The van der Waals surface area contributed by atoms with E-state index < -0.39 is 0 Å². The first kappa shape index (κ1) is 13.9. The van der Waals surface area contributed by atoms with E-state index >= 15 is 0 Å². The summed E-state index contributed by atoms with van der Waals surface area (Å²) in [5.41, 5.74) is 1.14. The third-order valence-electron chi connectivity index (χ3n) is 2.32. The van der Waals surface area contributed by atoms with Crippen molar-refractivity contribution >= 4 is 21.8 Å². The van der Waals surface area contributed by atoms with Crippen molar-refractivity contribution in [3.8, 4) is 0 Å². The van der Waals surface area contributed by atoms with E-state index in [4.69, 9.17) is 0 Å². The molecule has 1 aromatic carbocycles. The van der Waals surface area contributed by atoms with Crippen LogP contribution in [0.4, 0.5) is 0 Å². The van der Waals surface area contributed by atoms with Crippen LogP contribution >= 0.6 is 15.9 Å². The summed E-state index contributed by atoms with van der Waals surface area (Å²) in [5, 5.41) is 5.92. The molecule has 0 heterocycles. The number of halogens is 1. The average molecular weight is 297 g/mol. The molecule has 17 heavy (non-hydrogen) atoms. The maximum absolute atomic E-state index is 11.6. The van der Waals surface area contributed by atoms with E-state index in [9.17, 15) is 4.79 Å². The Morgan fingerprint density at radius 1 is 1.59 bits per heavy atom. The molecule has 0 spiro atoms. The van der Waals surface area contributed by atoms with Gasteiger partial charge in [-0.05, 0) is 24.6 Å². The number of hydrogen-bond donors (Lipinski definition) is 2. The lowest BCUT2D eigenvalue weighted by atomic mass is 10.2. The van der Waals surface area contributed by atoms with Gasteiger partial charge >= 0.3 is 0 Å². The number of benzene rings is 1. The van der Waals surface area contributed by atoms with E-state index in [2.05, 4.69) is 33.1 Å². The van der Waals surface area contributed by atoms with Crippen LogP contribution in [0.5, 0.6) is 0 Å². The van der Waals surface area contributed by atoms with Crippen molar-refractivity contribution in [2.45, 2.75) is 19.5 Å². The van der Waals surface area contributed by atoms with E-state index in [-0.39, 0.29) is 11.9 Å². The molecule has 0 aliphatic carbocycles. The van der Waals surface area contributed by atoms with Crippen LogP contribution in [0.25, 0.3) is 0 Å². The van der Waals surface area contributed by atoms with Gasteiger partial charge in [-0.2, -0.15) is 0 Å². The molecule has 0 saturated carbocycles. The zero-order valence-electron chi connectivity index (χ0n) is 9.87. The molecular formula is C13H17BrN2O. The standard InChI is InChI=1S/C13H17BrN2O/c1-3-7-15-13(17)10(2)16-9-11-5-4-6-12(14)8-11/h3-6,8,10,16H,1,7,9H2,2H3,(H,15,17). The predicted molar refractivity (Wildman–Crippen MR) is 73.7 cm³/mol. The van der Waals surface area contributed by atoms with Gasteiger partial charge in [0.05, 0.1) is 6.04 Å². The number of hydrogen-bond acceptors (Lipinski definition) is 2. The van der Waals surface area contributed by atoms with Crippen molar-refractivity contribution in [1.29, 1.82) is 0 Å². The predicted octanol–water partition coefficient (Wildman–Crippen LogP) is 2.23. The maximum Gasteiger partial charge on any atom is 0.237 e. The molecule has 92 valence electrons. The van der Waals surface area contributed by atoms with Crippen molar-refractivity contribution in [2.75, 3.05) is 6.54 Å². The number of nitrogens with one attached hydrogen (secondary N) is 2. The van der Waals surface area contributed by atoms with E-state index in [0.29, 0.717) is 13.1 Å². The average Bonchev–Trinajstić information content (AvgIpc) is 2.33. The number of carbonyl (C=O) groups is 1. The minimum absolute atomic E-state index is 0.0140. The summed E-state index contributed by atoms with van der Waals surface area (Å²) < 4.78 is 1.04. The highest BCUT2D eigenvalue weighted by Crippen LogP contribution is 2.11. The summed E-state index contributed by atoms with van der Waals surface area (Å²) in [7, 11) is 0. The third kappa shape index (κ3) is 5.15. The molecule has 0 bridgehead atoms. The summed E-state index contributed by atoms with van der Waals surface area (Å²) in [4.78, 5) is 11.6. The largest absolute Gasteiger partial charge is 0.351 e. The molecule has 0 radical (unpaired) electrons. The fourth-order valence-electron chi connectivity index (χ4n) is 1.34. The van der Waals surface area contributed by atoms with E-state index in [1.54, 1.807) is 6.08 Å². The zero-order valence-corrected chi connectivity index (χ0v) is 11.5. The van der Waals surface area contributed by atoms with Crippen molar-refractivity contribution in [3.05, 3.63) is 47.0 Å². The van der Waals surface area contributed by atoms with Crippen LogP contribution in [0.15, 0.2) is 41.4 Å². The van der Waals surface area contributed by atoms with Gasteiger partial charge in [0.25, 0.3) is 0 Å². The highest BCUT2D eigenvalue weighted by molar-refractivity contribution is 9.10. The molecule has 1 atom stereocenters. The smallest absolute Gasteiger partial charge is 0.237 e. The summed E-state index contributed by atoms with van der Waals surface area (Å²) in [6, 6.07) is 7.79. The van der Waals surface area contributed by atoms with Crippen LogP contribution in [0.2, 0.25) is 0 Å². The summed E-state index contributed by atoms with van der Waals surface area (Å²) in [6.07, 6.45) is 1.67. The Hall–Kier alpha value is -1.13. The molecule has 0 saturated heterocycles. The fraction of sp³-hybridized carbons (Fsp3) is 0.308. The van der Waals surface area contributed by atoms with Gasteiger partial charge in [-0.15, -0.1) is 6.58 Å². The first-order chi connectivity index (χ1) is 8.13. The normalized spacial score (nSPS) is 11.9. The molecule has 1 amide bonds. The number of carbonyl (C=O) groups excluding carboxylic acids is 1. The second-order valence-electron chi connectivity index (χ2n) is 3.77. The van der Waals surface area contributed by atoms with Crippen LogP contribution in [-0.2, 0) is 11.3 Å². The fourth-order valence-corrected chi connectivity index (χ4v) is 1.78. The highest BCUT2D eigenvalue weighted by Gasteiger charge is 2.10. The van der Waals surface area contributed by atoms with Crippen LogP contribution in [0.1, 0.15) is 12.5 Å². The monoisotopic (exact) mass is 296 g/mol. The molecule has 0 aliphatic rings. The lowest BCUT2D eigenvalue weighted by molar-refractivity contribution is -0.122. The van der Waals surface area contributed by atoms with Gasteiger partial charge in [-0.25, -0.2) is 0 Å². The summed E-state index contributed by atoms with van der Waals surface area (Å²) in [6.45, 7) is 6.57. The van der Waals surface area contributed by atoms with E-state index in [1.807, 2.05) is 31.2 Å². The second kappa shape index (κ2) is 7.25. The van der Waals surface area contributed by atoms with Crippen LogP contribution in [-0.4, -0.2) is 18.5 Å². The minimum Gasteiger partial charge on any atom is -0.351 e. The second-order valence-corrected chi connectivity index (χ2v) is 4.68. The molecule has 0 aromatic heterocycles. The molecule has 3 nitrogen and oxygen atoms in total. The van der Waals surface area contributed by atoms with Crippen molar-refractivity contribution in [2.24, 2.45) is 0 Å². The lowest BCUT2D eigenvalue weighted by Crippen LogP contribution is -2.41. The van der Waals surface area contributed by atoms with Gasteiger partial charge in [0.15, 0.2) is 0 Å². The third-order valence-corrected chi connectivity index (χ3v) is 2.81. The van der Waals surface area contributed by atoms with Gasteiger partial charge in [0.2, 0.25) is 5.91 Å². The number of rotatable bonds is 6. The summed E-state index contributed by atoms with van der Waals surface area (Å²) >= 11 is 3.41. The van der Waals surface area contributed by atoms with Crippen LogP contribution in [0, 0.1) is 0 Å². The lowest BCUT2D eigenvalue weighted by Gasteiger charge is -2.13. The molecular weight excluding hydrogens is 280 g/mol. The molecule has 4 heteroatoms. The molecule has 2 N–H and O–H groups in total. The van der Waals surface area contributed by atoms with Gasteiger partial charge in [-0.3, -0.25) is 4.79 Å². The molecule has 1 aromatic rings. The van der Waals surface area contributed by atoms with Gasteiger partial charge in [-0.1, -0.05) is 34.1 Å². The Morgan fingerprint density at radius 3 is 3.00 bits per heavy atom. The van der Waals surface area contributed by atoms with Crippen molar-refractivity contribution < 1.29 is 4.79 Å². The van der Waals surface area contributed by atoms with Crippen molar-refractivity contribution in [3.63, 3.8) is 0 Å². The Kier molecular flexibility index (Phi) is 5.94. The van der Waals surface area contributed by atoms with Gasteiger partial charge in [0, 0.05) is 17.6 Å². The first-order valence-corrected chi connectivity index (χ1v) is 6.29. The molecule has 0 fully saturated rings. The van der Waals surface area contributed by atoms with Crippen LogP contribution < -0.4 is 10.6 Å². The van der Waals surface area contributed by atoms with E-state index in [1.165, 1.54) is 0 Å². The summed E-state index contributed by atoms with van der Waals surface area (Å²) in [5.74, 6) is -0.0140. The maximum atomic E-state index is 11.6. The molecule has 1 rings (SSSR count). The Morgan fingerprint density at radius 2 is 2.35 bits per heavy atom. The first-order valence-electron chi connectivity index (χ1n) is 5.50. The Bertz CT molecular complexity index is 393. The molecule has 1 unspecified atom stereocenters. The molecule has 0 aliphatic heterocycles. The number of amides is 1. The quantitative estimate of drug-likeness (QED) is 0.791. The zero-order chi connectivity index (χ0) is 12.7. The Labute approximate surface area is 110 Å². The van der Waals surface area contributed by atoms with Gasteiger partial charge in [0.1, 0.15) is 0 Å². The van der Waals surface area contributed by atoms with E-state index in [0.717, 1.165) is 10.0 Å². The highest BCUT2D eigenvalue weighted by atomic mass is 79.9. The Balaban J connectivity index is 2.39. The SMILES string of the molecule is C=CCNC(=O)C(C)NCc1cccc(Br)c1. The minimum atomic E-state index is -0.214. The topological polar surface area (TPSA) is 41.1 Å². The van der Waals surface area contributed by atoms with Gasteiger partial charge < -0.3 is 10.6 Å².